The van der Waals surface area contributed by atoms with Gasteiger partial charge in [-0.1, -0.05) is 13.0 Å². The van der Waals surface area contributed by atoms with Gasteiger partial charge in [0.1, 0.15) is 0 Å². The van der Waals surface area contributed by atoms with Gasteiger partial charge in [-0.3, -0.25) is 0 Å². The molecule has 0 radical (unpaired) electrons. The van der Waals surface area contributed by atoms with Crippen LogP contribution in [0.2, 0.25) is 0 Å². The second kappa shape index (κ2) is 3.86. The normalized spacial score (nSPS) is 29.6. The summed E-state index contributed by atoms with van der Waals surface area (Å²) in [6, 6.07) is 8.16. The monoisotopic (exact) mass is 231 g/mol. The molecule has 3 rings (SSSR count). The minimum atomic E-state index is -0.746. The molecular weight excluding hydrogens is 214 g/mol. The van der Waals surface area contributed by atoms with E-state index in [2.05, 4.69) is 11.1 Å². The number of benzene rings is 1. The Morgan fingerprint density at radius 1 is 1.41 bits per heavy atom. The number of aromatic amines is 1. The lowest BCUT2D eigenvalue weighted by atomic mass is 9.79. The van der Waals surface area contributed by atoms with Gasteiger partial charge in [0.05, 0.1) is 12.2 Å². The number of fused-ring (bicyclic) bond motifs is 1. The van der Waals surface area contributed by atoms with Gasteiger partial charge in [-0.25, -0.2) is 0 Å². The van der Waals surface area contributed by atoms with E-state index >= 15 is 0 Å². The van der Waals surface area contributed by atoms with Crippen LogP contribution in [0.5, 0.6) is 0 Å². The summed E-state index contributed by atoms with van der Waals surface area (Å²) in [5.41, 5.74) is 1.36. The van der Waals surface area contributed by atoms with Gasteiger partial charge < -0.3 is 14.8 Å². The number of ether oxygens (including phenoxy) is 1. The van der Waals surface area contributed by atoms with Crippen LogP contribution < -0.4 is 0 Å². The standard InChI is InChI=1S/C14H17NO2/c1-10-9-17-7-5-14(10,16)12-2-3-13-11(8-12)4-6-15-13/h2-4,6,8,10,15-16H,5,7,9H2,1H3. The van der Waals surface area contributed by atoms with Crippen molar-refractivity contribution in [1.82, 2.24) is 4.98 Å². The molecule has 90 valence electrons. The van der Waals surface area contributed by atoms with E-state index in [4.69, 9.17) is 4.74 Å². The first-order valence-electron chi connectivity index (χ1n) is 6.08. The predicted octanol–water partition coefficient (Wildman–Crippen LogP) is 2.41. The summed E-state index contributed by atoms with van der Waals surface area (Å²) in [5, 5.41) is 12.0. The quantitative estimate of drug-likeness (QED) is 0.791. The van der Waals surface area contributed by atoms with Crippen molar-refractivity contribution < 1.29 is 9.84 Å². The van der Waals surface area contributed by atoms with E-state index < -0.39 is 5.60 Å². The Morgan fingerprint density at radius 3 is 3.12 bits per heavy atom. The summed E-state index contributed by atoms with van der Waals surface area (Å²) in [7, 11) is 0. The minimum Gasteiger partial charge on any atom is -0.385 e. The zero-order valence-electron chi connectivity index (χ0n) is 9.94. The lowest BCUT2D eigenvalue weighted by Crippen LogP contribution is -2.41. The zero-order valence-corrected chi connectivity index (χ0v) is 9.94. The second-order valence-corrected chi connectivity index (χ2v) is 4.93. The zero-order chi connectivity index (χ0) is 11.9. The minimum absolute atomic E-state index is 0.132. The molecular formula is C14H17NO2. The number of aliphatic hydroxyl groups is 1. The maximum Gasteiger partial charge on any atom is 0.0966 e. The maximum atomic E-state index is 10.8. The molecule has 2 N–H and O–H groups in total. The van der Waals surface area contributed by atoms with Crippen LogP contribution in [-0.2, 0) is 10.3 Å². The highest BCUT2D eigenvalue weighted by Crippen LogP contribution is 2.37. The summed E-state index contributed by atoms with van der Waals surface area (Å²) < 4.78 is 5.40. The molecule has 17 heavy (non-hydrogen) atoms. The third kappa shape index (κ3) is 1.66. The van der Waals surface area contributed by atoms with Crippen LogP contribution in [0.1, 0.15) is 18.9 Å². The number of hydrogen-bond donors (Lipinski definition) is 2. The molecule has 0 amide bonds. The van der Waals surface area contributed by atoms with E-state index in [1.54, 1.807) is 0 Å². The number of hydrogen-bond acceptors (Lipinski definition) is 2. The van der Waals surface area contributed by atoms with Gasteiger partial charge in [0.15, 0.2) is 0 Å². The molecule has 3 nitrogen and oxygen atoms in total. The fourth-order valence-electron chi connectivity index (χ4n) is 2.62. The lowest BCUT2D eigenvalue weighted by molar-refractivity contribution is -0.111. The Bertz CT molecular complexity index is 534. The van der Waals surface area contributed by atoms with Gasteiger partial charge in [0, 0.05) is 30.7 Å². The van der Waals surface area contributed by atoms with Crippen molar-refractivity contribution in [2.45, 2.75) is 18.9 Å². The Kier molecular flexibility index (Phi) is 2.45. The van der Waals surface area contributed by atoms with Crippen molar-refractivity contribution in [2.24, 2.45) is 5.92 Å². The predicted molar refractivity (Wildman–Crippen MR) is 66.8 cm³/mol. The Labute approximate surface area is 100 Å². The Morgan fingerprint density at radius 2 is 2.29 bits per heavy atom. The summed E-state index contributed by atoms with van der Waals surface area (Å²) in [6.45, 7) is 3.30. The fourth-order valence-corrected chi connectivity index (χ4v) is 2.62. The van der Waals surface area contributed by atoms with Crippen molar-refractivity contribution in [3.8, 4) is 0 Å². The van der Waals surface area contributed by atoms with Crippen molar-refractivity contribution in [3.05, 3.63) is 36.0 Å². The summed E-state index contributed by atoms with van der Waals surface area (Å²) in [4.78, 5) is 3.17. The highest BCUT2D eigenvalue weighted by Gasteiger charge is 2.38. The van der Waals surface area contributed by atoms with Crippen LogP contribution in [0, 0.1) is 5.92 Å². The first-order chi connectivity index (χ1) is 8.20. The highest BCUT2D eigenvalue weighted by molar-refractivity contribution is 5.80. The van der Waals surface area contributed by atoms with Crippen molar-refractivity contribution in [3.63, 3.8) is 0 Å². The maximum absolute atomic E-state index is 10.8. The topological polar surface area (TPSA) is 45.2 Å². The molecule has 2 atom stereocenters. The molecule has 1 aromatic heterocycles. The van der Waals surface area contributed by atoms with E-state index in [9.17, 15) is 5.11 Å². The average molecular weight is 231 g/mol. The van der Waals surface area contributed by atoms with E-state index in [1.165, 1.54) is 0 Å². The molecule has 3 heteroatoms. The molecule has 1 aromatic carbocycles. The van der Waals surface area contributed by atoms with Crippen molar-refractivity contribution >= 4 is 10.9 Å². The molecule has 2 heterocycles. The lowest BCUT2D eigenvalue weighted by Gasteiger charge is -2.38. The largest absolute Gasteiger partial charge is 0.385 e. The third-order valence-electron chi connectivity index (χ3n) is 3.86. The van der Waals surface area contributed by atoms with Gasteiger partial charge >= 0.3 is 0 Å². The van der Waals surface area contributed by atoms with Crippen LogP contribution in [0.3, 0.4) is 0 Å². The summed E-state index contributed by atoms with van der Waals surface area (Å²) in [5.74, 6) is 0.132. The van der Waals surface area contributed by atoms with E-state index in [1.807, 2.05) is 31.3 Å². The van der Waals surface area contributed by atoms with E-state index in [-0.39, 0.29) is 5.92 Å². The van der Waals surface area contributed by atoms with Gasteiger partial charge in [-0.05, 0) is 29.1 Å². The second-order valence-electron chi connectivity index (χ2n) is 4.93. The summed E-state index contributed by atoms with van der Waals surface area (Å²) >= 11 is 0. The molecule has 0 spiro atoms. The van der Waals surface area contributed by atoms with E-state index in [0.717, 1.165) is 16.5 Å². The van der Waals surface area contributed by atoms with Crippen molar-refractivity contribution in [2.75, 3.05) is 13.2 Å². The molecule has 0 aliphatic carbocycles. The molecule has 2 aromatic rings. The van der Waals surface area contributed by atoms with Crippen molar-refractivity contribution in [1.29, 1.82) is 0 Å². The third-order valence-corrected chi connectivity index (χ3v) is 3.86. The number of rotatable bonds is 1. The first-order valence-corrected chi connectivity index (χ1v) is 6.08. The molecule has 0 saturated carbocycles. The number of aromatic nitrogens is 1. The molecule has 1 saturated heterocycles. The molecule has 0 bridgehead atoms. The fraction of sp³-hybridized carbons (Fsp3) is 0.429. The van der Waals surface area contributed by atoms with E-state index in [0.29, 0.717) is 19.6 Å². The van der Waals surface area contributed by atoms with Gasteiger partial charge in [-0.15, -0.1) is 0 Å². The van der Waals surface area contributed by atoms with Crippen LogP contribution in [0.15, 0.2) is 30.5 Å². The van der Waals surface area contributed by atoms with Crippen LogP contribution in [-0.4, -0.2) is 23.3 Å². The highest BCUT2D eigenvalue weighted by atomic mass is 16.5. The molecule has 2 unspecified atom stereocenters. The van der Waals surface area contributed by atoms with Crippen LogP contribution in [0.4, 0.5) is 0 Å². The van der Waals surface area contributed by atoms with Crippen LogP contribution >= 0.6 is 0 Å². The first kappa shape index (κ1) is 10.8. The van der Waals surface area contributed by atoms with Gasteiger partial charge in [-0.2, -0.15) is 0 Å². The average Bonchev–Trinajstić information content (AvgIpc) is 2.80. The molecule has 1 aliphatic heterocycles. The SMILES string of the molecule is CC1COCCC1(O)c1ccc2[nH]ccc2c1. The van der Waals surface area contributed by atoms with Gasteiger partial charge in [0.25, 0.3) is 0 Å². The molecule has 1 fully saturated rings. The number of H-pyrrole nitrogens is 1. The molecule has 1 aliphatic rings. The van der Waals surface area contributed by atoms with Crippen LogP contribution in [0.25, 0.3) is 10.9 Å². The Hall–Kier alpha value is -1.32. The summed E-state index contributed by atoms with van der Waals surface area (Å²) in [6.07, 6.45) is 2.59. The smallest absolute Gasteiger partial charge is 0.0966 e. The number of nitrogens with one attached hydrogen (secondary N) is 1. The Balaban J connectivity index is 2.06. The van der Waals surface area contributed by atoms with Gasteiger partial charge in [0.2, 0.25) is 0 Å².